The van der Waals surface area contributed by atoms with Crippen LogP contribution in [-0.4, -0.2) is 69.1 Å². The topological polar surface area (TPSA) is 72.1 Å². The van der Waals surface area contributed by atoms with Gasteiger partial charge in [0.15, 0.2) is 0 Å². The van der Waals surface area contributed by atoms with Gasteiger partial charge in [0.05, 0.1) is 25.4 Å². The van der Waals surface area contributed by atoms with Gasteiger partial charge in [-0.15, -0.1) is 0 Å². The number of amides is 2. The van der Waals surface area contributed by atoms with Gasteiger partial charge in [-0.3, -0.25) is 4.90 Å². The summed E-state index contributed by atoms with van der Waals surface area (Å²) in [6.45, 7) is 8.31. The maximum atomic E-state index is 12.1. The number of rotatable bonds is 8. The molecule has 2 saturated heterocycles. The van der Waals surface area contributed by atoms with E-state index in [0.717, 1.165) is 63.6 Å². The Morgan fingerprint density at radius 3 is 2.96 bits per heavy atom. The molecule has 2 aliphatic heterocycles. The lowest BCUT2D eigenvalue weighted by Gasteiger charge is -2.26. The van der Waals surface area contributed by atoms with Gasteiger partial charge in [-0.05, 0) is 37.5 Å². The molecule has 2 amide bonds. The molecule has 0 aromatic heterocycles. The van der Waals surface area contributed by atoms with Crippen LogP contribution in [0, 0.1) is 0 Å². The van der Waals surface area contributed by atoms with Crippen LogP contribution in [0.25, 0.3) is 0 Å². The van der Waals surface area contributed by atoms with E-state index in [1.807, 2.05) is 31.2 Å². The molecule has 0 radical (unpaired) electrons. The van der Waals surface area contributed by atoms with E-state index >= 15 is 0 Å². The molecule has 2 fully saturated rings. The van der Waals surface area contributed by atoms with Crippen molar-refractivity contribution in [2.24, 2.45) is 0 Å². The number of urea groups is 1. The van der Waals surface area contributed by atoms with Gasteiger partial charge in [0, 0.05) is 32.8 Å². The minimum absolute atomic E-state index is 0.0161. The molecule has 3 rings (SSSR count). The van der Waals surface area contributed by atoms with Crippen molar-refractivity contribution in [3.05, 3.63) is 29.8 Å². The highest BCUT2D eigenvalue weighted by atomic mass is 16.5. The molecule has 150 valence electrons. The Morgan fingerprint density at radius 1 is 1.33 bits per heavy atom. The number of benzene rings is 1. The first-order valence-electron chi connectivity index (χ1n) is 9.88. The molecule has 7 heteroatoms. The first kappa shape index (κ1) is 19.9. The number of morpholine rings is 1. The summed E-state index contributed by atoms with van der Waals surface area (Å²) >= 11 is 0. The molecule has 2 heterocycles. The van der Waals surface area contributed by atoms with Crippen LogP contribution in [0.5, 0.6) is 5.75 Å². The molecule has 27 heavy (non-hydrogen) atoms. The number of carbonyl (C=O) groups is 1. The monoisotopic (exact) mass is 377 g/mol. The standard InChI is InChI=1S/C20H31N3O4/c1-16(19-6-3-10-27-19)22-20(24)21-15-17-4-2-5-18(14-17)26-13-9-23-7-11-25-12-8-23/h2,4-5,14,16,19H,3,6-13,15H2,1H3,(H2,21,22,24). The van der Waals surface area contributed by atoms with E-state index in [9.17, 15) is 4.79 Å². The predicted octanol–water partition coefficient (Wildman–Crippen LogP) is 1.76. The fraction of sp³-hybridized carbons (Fsp3) is 0.650. The van der Waals surface area contributed by atoms with Crippen LogP contribution >= 0.6 is 0 Å². The summed E-state index contributed by atoms with van der Waals surface area (Å²) in [5.41, 5.74) is 1.01. The minimum atomic E-state index is -0.170. The van der Waals surface area contributed by atoms with Crippen LogP contribution < -0.4 is 15.4 Å². The van der Waals surface area contributed by atoms with Gasteiger partial charge >= 0.3 is 6.03 Å². The van der Waals surface area contributed by atoms with E-state index in [2.05, 4.69) is 15.5 Å². The maximum absolute atomic E-state index is 12.1. The number of nitrogens with zero attached hydrogens (tertiary/aromatic N) is 1. The van der Waals surface area contributed by atoms with Crippen molar-refractivity contribution in [3.63, 3.8) is 0 Å². The van der Waals surface area contributed by atoms with Crippen LogP contribution in [0.3, 0.4) is 0 Å². The SMILES string of the molecule is CC(NC(=O)NCc1cccc(OCCN2CCOCC2)c1)C1CCCO1. The van der Waals surface area contributed by atoms with Crippen LogP contribution in [0.2, 0.25) is 0 Å². The zero-order valence-corrected chi connectivity index (χ0v) is 16.1. The van der Waals surface area contributed by atoms with Gasteiger partial charge in [-0.25, -0.2) is 4.79 Å². The average molecular weight is 377 g/mol. The molecule has 2 unspecified atom stereocenters. The summed E-state index contributed by atoms with van der Waals surface area (Å²) in [6, 6.07) is 7.71. The van der Waals surface area contributed by atoms with Crippen molar-refractivity contribution in [3.8, 4) is 5.75 Å². The highest BCUT2D eigenvalue weighted by molar-refractivity contribution is 5.74. The first-order valence-corrected chi connectivity index (χ1v) is 9.88. The highest BCUT2D eigenvalue weighted by Gasteiger charge is 2.23. The molecule has 0 saturated carbocycles. The second-order valence-electron chi connectivity index (χ2n) is 7.12. The fourth-order valence-electron chi connectivity index (χ4n) is 3.39. The third-order valence-corrected chi connectivity index (χ3v) is 5.01. The largest absolute Gasteiger partial charge is 0.492 e. The third kappa shape index (κ3) is 6.68. The second kappa shape index (κ2) is 10.5. The van der Waals surface area contributed by atoms with Crippen molar-refractivity contribution < 1.29 is 19.0 Å². The quantitative estimate of drug-likeness (QED) is 0.722. The molecule has 0 aliphatic carbocycles. The molecule has 7 nitrogen and oxygen atoms in total. The van der Waals surface area contributed by atoms with E-state index in [1.165, 1.54) is 0 Å². The normalized spacial score (nSPS) is 21.6. The van der Waals surface area contributed by atoms with Crippen molar-refractivity contribution in [1.82, 2.24) is 15.5 Å². The molecule has 0 spiro atoms. The van der Waals surface area contributed by atoms with E-state index in [1.54, 1.807) is 0 Å². The molecular weight excluding hydrogens is 346 g/mol. The molecule has 1 aromatic carbocycles. The molecule has 2 atom stereocenters. The second-order valence-corrected chi connectivity index (χ2v) is 7.12. The van der Waals surface area contributed by atoms with Gasteiger partial charge in [-0.2, -0.15) is 0 Å². The predicted molar refractivity (Wildman–Crippen MR) is 103 cm³/mol. The number of nitrogens with one attached hydrogen (secondary N) is 2. The number of hydrogen-bond acceptors (Lipinski definition) is 5. The Bertz CT molecular complexity index is 586. The Labute approximate surface area is 161 Å². The smallest absolute Gasteiger partial charge is 0.315 e. The lowest BCUT2D eigenvalue weighted by atomic mass is 10.1. The van der Waals surface area contributed by atoms with Gasteiger partial charge < -0.3 is 24.8 Å². The van der Waals surface area contributed by atoms with E-state index in [0.29, 0.717) is 13.2 Å². The van der Waals surface area contributed by atoms with Gasteiger partial charge in [0.25, 0.3) is 0 Å². The summed E-state index contributed by atoms with van der Waals surface area (Å²) < 4.78 is 16.8. The Hall–Kier alpha value is -1.83. The first-order chi connectivity index (χ1) is 13.2. The summed E-state index contributed by atoms with van der Waals surface area (Å²) in [5.74, 6) is 0.829. The van der Waals surface area contributed by atoms with Crippen LogP contribution in [0.1, 0.15) is 25.3 Å². The number of carbonyl (C=O) groups excluding carboxylic acids is 1. The molecule has 2 aliphatic rings. The van der Waals surface area contributed by atoms with Crippen LogP contribution in [0.15, 0.2) is 24.3 Å². The third-order valence-electron chi connectivity index (χ3n) is 5.01. The summed E-state index contributed by atoms with van der Waals surface area (Å²) in [4.78, 5) is 14.4. The van der Waals surface area contributed by atoms with Crippen molar-refractivity contribution in [2.45, 2.75) is 38.5 Å². The van der Waals surface area contributed by atoms with Gasteiger partial charge in [0.2, 0.25) is 0 Å². The van der Waals surface area contributed by atoms with Crippen molar-refractivity contribution in [1.29, 1.82) is 0 Å². The molecule has 2 N–H and O–H groups in total. The molecule has 0 bridgehead atoms. The van der Waals surface area contributed by atoms with Crippen LogP contribution in [-0.2, 0) is 16.0 Å². The number of ether oxygens (including phenoxy) is 3. The fourth-order valence-corrected chi connectivity index (χ4v) is 3.39. The average Bonchev–Trinajstić information content (AvgIpc) is 3.23. The van der Waals surface area contributed by atoms with Crippen molar-refractivity contribution >= 4 is 6.03 Å². The van der Waals surface area contributed by atoms with Gasteiger partial charge in [-0.1, -0.05) is 12.1 Å². The van der Waals surface area contributed by atoms with Crippen molar-refractivity contribution in [2.75, 3.05) is 46.1 Å². The highest BCUT2D eigenvalue weighted by Crippen LogP contribution is 2.15. The maximum Gasteiger partial charge on any atom is 0.315 e. The molecular formula is C20H31N3O4. The van der Waals surface area contributed by atoms with E-state index < -0.39 is 0 Å². The summed E-state index contributed by atoms with van der Waals surface area (Å²) in [7, 11) is 0. The zero-order valence-electron chi connectivity index (χ0n) is 16.1. The Morgan fingerprint density at radius 2 is 2.19 bits per heavy atom. The van der Waals surface area contributed by atoms with Gasteiger partial charge in [0.1, 0.15) is 12.4 Å². The Balaban J connectivity index is 1.37. The summed E-state index contributed by atoms with van der Waals surface area (Å²) in [5, 5.41) is 5.86. The van der Waals surface area contributed by atoms with Crippen LogP contribution in [0.4, 0.5) is 4.79 Å². The Kier molecular flexibility index (Phi) is 7.74. The van der Waals surface area contributed by atoms with E-state index in [-0.39, 0.29) is 18.2 Å². The minimum Gasteiger partial charge on any atom is -0.492 e. The zero-order chi connectivity index (χ0) is 18.9. The summed E-state index contributed by atoms with van der Waals surface area (Å²) in [6.07, 6.45) is 2.20. The van der Waals surface area contributed by atoms with E-state index in [4.69, 9.17) is 14.2 Å². The molecule has 1 aromatic rings. The lowest BCUT2D eigenvalue weighted by molar-refractivity contribution is 0.0322. The lowest BCUT2D eigenvalue weighted by Crippen LogP contribution is -2.45. The number of hydrogen-bond donors (Lipinski definition) is 2.